The molecule has 7 heteroatoms. The van der Waals surface area contributed by atoms with Crippen LogP contribution in [-0.4, -0.2) is 37.2 Å². The van der Waals surface area contributed by atoms with Gasteiger partial charge < -0.3 is 0 Å². The van der Waals surface area contributed by atoms with Crippen molar-refractivity contribution in [1.29, 1.82) is 0 Å². The average Bonchev–Trinajstić information content (AvgIpc) is 2.62. The summed E-state index contributed by atoms with van der Waals surface area (Å²) in [5.74, 6) is 0. The zero-order chi connectivity index (χ0) is 13.2. The summed E-state index contributed by atoms with van der Waals surface area (Å²) in [7, 11) is -0.177. The normalized spacial score (nSPS) is 12.9. The summed E-state index contributed by atoms with van der Waals surface area (Å²) in [6, 6.07) is 1.89. The van der Waals surface area contributed by atoms with E-state index in [9.17, 15) is 8.42 Å². The fourth-order valence-corrected chi connectivity index (χ4v) is 3.74. The first kappa shape index (κ1) is 15.1. The topological polar surface area (TPSA) is 40.6 Å². The second-order valence-corrected chi connectivity index (χ2v) is 8.52. The number of halogens is 1. The van der Waals surface area contributed by atoms with Gasteiger partial charge >= 0.3 is 0 Å². The Morgan fingerprint density at radius 2 is 2.00 bits per heavy atom. The molecule has 0 fully saturated rings. The van der Waals surface area contributed by atoms with Gasteiger partial charge in [0.1, 0.15) is 0 Å². The summed E-state index contributed by atoms with van der Waals surface area (Å²) in [6.45, 7) is 4.10. The Balaban J connectivity index is 2.79. The van der Waals surface area contributed by atoms with Gasteiger partial charge in [0.15, 0.2) is 0 Å². The molecular formula is C10H17BrN2O2S2. The van der Waals surface area contributed by atoms with Crippen LogP contribution in [0, 0.1) is 0 Å². The molecule has 4 nitrogen and oxygen atoms in total. The molecule has 0 spiro atoms. The largest absolute Gasteiger partial charge is 0.282 e. The lowest BCUT2D eigenvalue weighted by Gasteiger charge is -2.26. The molecule has 0 atom stereocenters. The van der Waals surface area contributed by atoms with Gasteiger partial charge in [-0.15, -0.1) is 11.3 Å². The smallest absolute Gasteiger partial charge is 0.195 e. The second-order valence-electron chi connectivity index (χ2n) is 4.13. The maximum Gasteiger partial charge on any atom is 0.282 e. The van der Waals surface area contributed by atoms with Crippen LogP contribution in [0.3, 0.4) is 0 Å². The molecule has 0 aliphatic rings. The Hall–Kier alpha value is 0.0500. The Labute approximate surface area is 116 Å². The van der Waals surface area contributed by atoms with E-state index in [0.717, 1.165) is 9.35 Å². The number of rotatable bonds is 5. The highest BCUT2D eigenvalue weighted by atomic mass is 79.9. The standard InChI is InChI=1S/C10H17BrN2O2S2/c1-8(2)13(4)17(14,15)12(3)6-9-5-10(11)16-7-9/h5,7-8H,6H2,1-4H3. The highest BCUT2D eigenvalue weighted by Gasteiger charge is 2.25. The predicted octanol–water partition coefficient (Wildman–Crippen LogP) is 2.53. The summed E-state index contributed by atoms with van der Waals surface area (Å²) in [4.78, 5) is 0. The molecule has 0 aliphatic carbocycles. The van der Waals surface area contributed by atoms with Gasteiger partial charge in [-0.2, -0.15) is 17.0 Å². The van der Waals surface area contributed by atoms with Gasteiger partial charge in [-0.25, -0.2) is 0 Å². The molecule has 0 saturated heterocycles. The van der Waals surface area contributed by atoms with Crippen molar-refractivity contribution in [3.63, 3.8) is 0 Å². The van der Waals surface area contributed by atoms with Gasteiger partial charge in [0.25, 0.3) is 10.2 Å². The number of thiophene rings is 1. The quantitative estimate of drug-likeness (QED) is 0.826. The van der Waals surface area contributed by atoms with Gasteiger partial charge in [0, 0.05) is 26.7 Å². The van der Waals surface area contributed by atoms with E-state index in [1.807, 2.05) is 25.3 Å². The Kier molecular flexibility index (Phi) is 5.15. The third-order valence-electron chi connectivity index (χ3n) is 2.51. The number of hydrogen-bond donors (Lipinski definition) is 0. The minimum Gasteiger partial charge on any atom is -0.195 e. The third-order valence-corrected chi connectivity index (χ3v) is 6.13. The van der Waals surface area contributed by atoms with Crippen molar-refractivity contribution >= 4 is 37.5 Å². The summed E-state index contributed by atoms with van der Waals surface area (Å²) < 4.78 is 28.0. The van der Waals surface area contributed by atoms with E-state index in [-0.39, 0.29) is 6.04 Å². The van der Waals surface area contributed by atoms with Crippen LogP contribution < -0.4 is 0 Å². The molecular weight excluding hydrogens is 324 g/mol. The minimum atomic E-state index is -3.37. The molecule has 0 amide bonds. The van der Waals surface area contributed by atoms with Gasteiger partial charge in [0.2, 0.25) is 0 Å². The zero-order valence-corrected chi connectivity index (χ0v) is 13.6. The molecule has 0 bridgehead atoms. The van der Waals surface area contributed by atoms with Crippen molar-refractivity contribution in [3.05, 3.63) is 20.8 Å². The molecule has 0 aromatic carbocycles. The van der Waals surface area contributed by atoms with E-state index in [4.69, 9.17) is 0 Å². The first-order valence-corrected chi connectivity index (χ1v) is 8.24. The average molecular weight is 341 g/mol. The lowest BCUT2D eigenvalue weighted by atomic mass is 10.3. The van der Waals surface area contributed by atoms with E-state index >= 15 is 0 Å². The lowest BCUT2D eigenvalue weighted by Crippen LogP contribution is -2.42. The van der Waals surface area contributed by atoms with Gasteiger partial charge in [-0.1, -0.05) is 0 Å². The van der Waals surface area contributed by atoms with Crippen LogP contribution >= 0.6 is 27.3 Å². The number of hydrogen-bond acceptors (Lipinski definition) is 3. The Morgan fingerprint density at radius 3 is 2.41 bits per heavy atom. The maximum absolute atomic E-state index is 12.1. The summed E-state index contributed by atoms with van der Waals surface area (Å²) in [6.07, 6.45) is 0. The third kappa shape index (κ3) is 3.75. The van der Waals surface area contributed by atoms with Crippen LogP contribution in [-0.2, 0) is 16.8 Å². The molecule has 0 radical (unpaired) electrons. The van der Waals surface area contributed by atoms with E-state index < -0.39 is 10.2 Å². The lowest BCUT2D eigenvalue weighted by molar-refractivity contribution is 0.355. The molecule has 17 heavy (non-hydrogen) atoms. The van der Waals surface area contributed by atoms with E-state index in [1.165, 1.54) is 8.61 Å². The molecule has 0 aliphatic heterocycles. The highest BCUT2D eigenvalue weighted by Crippen LogP contribution is 2.22. The van der Waals surface area contributed by atoms with Crippen molar-refractivity contribution in [2.45, 2.75) is 26.4 Å². The van der Waals surface area contributed by atoms with E-state index in [2.05, 4.69) is 15.9 Å². The molecule has 98 valence electrons. The van der Waals surface area contributed by atoms with Crippen LogP contribution in [0.15, 0.2) is 15.2 Å². The first-order valence-electron chi connectivity index (χ1n) is 5.17. The monoisotopic (exact) mass is 340 g/mol. The maximum atomic E-state index is 12.1. The van der Waals surface area contributed by atoms with Gasteiger partial charge in [-0.05, 0) is 46.8 Å². The van der Waals surface area contributed by atoms with Crippen LogP contribution in [0.2, 0.25) is 0 Å². The van der Waals surface area contributed by atoms with Crippen LogP contribution in [0.25, 0.3) is 0 Å². The summed E-state index contributed by atoms with van der Waals surface area (Å²) in [5.41, 5.74) is 0.991. The Bertz CT molecular complexity index is 470. The fourth-order valence-electron chi connectivity index (χ4n) is 1.25. The molecule has 0 unspecified atom stereocenters. The van der Waals surface area contributed by atoms with Crippen molar-refractivity contribution in [2.24, 2.45) is 0 Å². The van der Waals surface area contributed by atoms with Crippen LogP contribution in [0.4, 0.5) is 0 Å². The molecule has 1 heterocycles. The fraction of sp³-hybridized carbons (Fsp3) is 0.600. The van der Waals surface area contributed by atoms with Crippen molar-refractivity contribution in [1.82, 2.24) is 8.61 Å². The van der Waals surface area contributed by atoms with E-state index in [0.29, 0.717) is 6.54 Å². The number of nitrogens with zero attached hydrogens (tertiary/aromatic N) is 2. The van der Waals surface area contributed by atoms with Gasteiger partial charge in [0.05, 0.1) is 3.79 Å². The van der Waals surface area contributed by atoms with Crippen molar-refractivity contribution in [2.75, 3.05) is 14.1 Å². The summed E-state index contributed by atoms with van der Waals surface area (Å²) in [5, 5.41) is 1.95. The highest BCUT2D eigenvalue weighted by molar-refractivity contribution is 9.11. The SMILES string of the molecule is CC(C)N(C)S(=O)(=O)N(C)Cc1csc(Br)c1. The van der Waals surface area contributed by atoms with E-state index in [1.54, 1.807) is 25.4 Å². The van der Waals surface area contributed by atoms with Crippen molar-refractivity contribution < 1.29 is 8.42 Å². The summed E-state index contributed by atoms with van der Waals surface area (Å²) >= 11 is 4.92. The second kappa shape index (κ2) is 5.79. The van der Waals surface area contributed by atoms with Crippen LogP contribution in [0.1, 0.15) is 19.4 Å². The predicted molar refractivity (Wildman–Crippen MR) is 75.3 cm³/mol. The molecule has 1 rings (SSSR count). The minimum absolute atomic E-state index is 0.0448. The first-order chi connectivity index (χ1) is 7.75. The molecule has 0 N–H and O–H groups in total. The molecule has 1 aromatic rings. The zero-order valence-electron chi connectivity index (χ0n) is 10.3. The van der Waals surface area contributed by atoms with Crippen LogP contribution in [0.5, 0.6) is 0 Å². The Morgan fingerprint density at radius 1 is 1.41 bits per heavy atom. The molecule has 1 aromatic heterocycles. The van der Waals surface area contributed by atoms with Gasteiger partial charge in [-0.3, -0.25) is 0 Å². The van der Waals surface area contributed by atoms with Crippen molar-refractivity contribution in [3.8, 4) is 0 Å². The molecule has 0 saturated carbocycles.